The van der Waals surface area contributed by atoms with Crippen LogP contribution in [-0.2, 0) is 10.0 Å². The van der Waals surface area contributed by atoms with Crippen molar-refractivity contribution in [1.29, 1.82) is 0 Å². The number of benzene rings is 1. The monoisotopic (exact) mass is 540 g/mol. The summed E-state index contributed by atoms with van der Waals surface area (Å²) in [5.74, 6) is -1.70. The van der Waals surface area contributed by atoms with Crippen molar-refractivity contribution in [2.45, 2.75) is 31.5 Å². The van der Waals surface area contributed by atoms with Crippen molar-refractivity contribution in [1.82, 2.24) is 20.3 Å². The van der Waals surface area contributed by atoms with Gasteiger partial charge in [-0.15, -0.1) is 0 Å². The molecule has 9 nitrogen and oxygen atoms in total. The highest BCUT2D eigenvalue weighted by molar-refractivity contribution is 7.92. The number of hydrogen-bond acceptors (Lipinski definition) is 8. The molecule has 1 saturated heterocycles. The van der Waals surface area contributed by atoms with Gasteiger partial charge in [0.15, 0.2) is 5.82 Å². The van der Waals surface area contributed by atoms with E-state index in [4.69, 9.17) is 4.74 Å². The Labute approximate surface area is 210 Å². The lowest BCUT2D eigenvalue weighted by Gasteiger charge is -2.23. The zero-order chi connectivity index (χ0) is 26.5. The number of alkyl halides is 3. The number of nitrogens with one attached hydrogen (secondary N) is 3. The maximum atomic E-state index is 14.6. The quantitative estimate of drug-likeness (QED) is 0.344. The van der Waals surface area contributed by atoms with Gasteiger partial charge in [0.25, 0.3) is 0 Å². The Hall–Kier alpha value is -3.52. The molecule has 14 heteroatoms. The van der Waals surface area contributed by atoms with E-state index in [9.17, 15) is 26.0 Å². The van der Waals surface area contributed by atoms with E-state index in [1.165, 1.54) is 12.3 Å². The zero-order valence-electron chi connectivity index (χ0n) is 19.4. The van der Waals surface area contributed by atoms with E-state index in [1.807, 2.05) is 4.72 Å². The van der Waals surface area contributed by atoms with Gasteiger partial charge in [-0.2, -0.15) is 13.2 Å². The maximum absolute atomic E-state index is 14.6. The van der Waals surface area contributed by atoms with Crippen LogP contribution in [0.15, 0.2) is 48.8 Å². The number of piperidine rings is 1. The molecule has 1 unspecified atom stereocenters. The topological polar surface area (TPSA) is 118 Å². The van der Waals surface area contributed by atoms with Crippen LogP contribution < -0.4 is 20.1 Å². The Morgan fingerprint density at radius 3 is 2.70 bits per heavy atom. The smallest absolute Gasteiger partial charge is 0.390 e. The van der Waals surface area contributed by atoms with Crippen LogP contribution in [-0.4, -0.2) is 54.4 Å². The first-order valence-electron chi connectivity index (χ1n) is 11.4. The third-order valence-corrected chi connectivity index (χ3v) is 6.68. The predicted octanol–water partition coefficient (Wildman–Crippen LogP) is 4.33. The van der Waals surface area contributed by atoms with Crippen molar-refractivity contribution in [3.8, 4) is 22.9 Å². The normalized spacial score (nSPS) is 16.3. The molecule has 1 fully saturated rings. The minimum absolute atomic E-state index is 0.00336. The van der Waals surface area contributed by atoms with Crippen LogP contribution in [0.25, 0.3) is 11.3 Å². The summed E-state index contributed by atoms with van der Waals surface area (Å²) in [5.41, 5.74) is 0.519. The second kappa shape index (κ2) is 11.3. The van der Waals surface area contributed by atoms with E-state index in [-0.39, 0.29) is 17.7 Å². The number of aromatic nitrogens is 3. The van der Waals surface area contributed by atoms with Gasteiger partial charge in [0.2, 0.25) is 21.9 Å². The summed E-state index contributed by atoms with van der Waals surface area (Å²) in [6.07, 6.45) is -1.10. The molecule has 3 N–H and O–H groups in total. The molecule has 4 rings (SSSR count). The fourth-order valence-corrected chi connectivity index (χ4v) is 4.73. The SMILES string of the molecule is O=S(=O)(CCC(F)(F)F)Nc1ccc(Oc2ncccc2-c2ccnc(NC3CCCNC3)n2)cc1F. The molecular weight excluding hydrogens is 516 g/mol. The summed E-state index contributed by atoms with van der Waals surface area (Å²) in [6.45, 7) is 1.77. The van der Waals surface area contributed by atoms with Gasteiger partial charge >= 0.3 is 6.18 Å². The number of hydrogen-bond donors (Lipinski definition) is 3. The molecule has 2 aromatic heterocycles. The van der Waals surface area contributed by atoms with Crippen LogP contribution in [0.3, 0.4) is 0 Å². The highest BCUT2D eigenvalue weighted by Crippen LogP contribution is 2.32. The van der Waals surface area contributed by atoms with Gasteiger partial charge in [-0.25, -0.2) is 27.8 Å². The number of pyridine rings is 1. The van der Waals surface area contributed by atoms with E-state index in [1.54, 1.807) is 24.4 Å². The first kappa shape index (κ1) is 26.5. The second-order valence-electron chi connectivity index (χ2n) is 8.34. The van der Waals surface area contributed by atoms with Crippen LogP contribution in [0.2, 0.25) is 0 Å². The summed E-state index contributed by atoms with van der Waals surface area (Å²) in [5, 5.41) is 6.60. The van der Waals surface area contributed by atoms with Crippen molar-refractivity contribution in [3.05, 3.63) is 54.6 Å². The fourth-order valence-electron chi connectivity index (χ4n) is 3.63. The van der Waals surface area contributed by atoms with Crippen LogP contribution in [0.1, 0.15) is 19.3 Å². The summed E-state index contributed by atoms with van der Waals surface area (Å²) >= 11 is 0. The Morgan fingerprint density at radius 1 is 1.14 bits per heavy atom. The van der Waals surface area contributed by atoms with Crippen LogP contribution >= 0.6 is 0 Å². The predicted molar refractivity (Wildman–Crippen MR) is 129 cm³/mol. The fraction of sp³-hybridized carbons (Fsp3) is 0.348. The Balaban J connectivity index is 1.49. The minimum atomic E-state index is -4.65. The average molecular weight is 541 g/mol. The highest BCUT2D eigenvalue weighted by Gasteiger charge is 2.30. The average Bonchev–Trinajstić information content (AvgIpc) is 2.85. The molecule has 1 atom stereocenters. The second-order valence-corrected chi connectivity index (χ2v) is 10.2. The maximum Gasteiger partial charge on any atom is 0.390 e. The molecule has 0 radical (unpaired) electrons. The Bertz CT molecular complexity index is 1330. The van der Waals surface area contributed by atoms with Gasteiger partial charge in [0.1, 0.15) is 5.75 Å². The molecule has 37 heavy (non-hydrogen) atoms. The molecule has 198 valence electrons. The Kier molecular flexibility index (Phi) is 8.07. The van der Waals surface area contributed by atoms with Crippen molar-refractivity contribution < 1.29 is 30.7 Å². The van der Waals surface area contributed by atoms with Gasteiger partial charge in [-0.3, -0.25) is 4.72 Å². The summed E-state index contributed by atoms with van der Waals surface area (Å²) in [6, 6.07) is 8.51. The summed E-state index contributed by atoms with van der Waals surface area (Å²) in [7, 11) is -4.41. The molecule has 1 aromatic carbocycles. The molecule has 1 aliphatic rings. The highest BCUT2D eigenvalue weighted by atomic mass is 32.2. The molecule has 1 aliphatic heterocycles. The third kappa shape index (κ3) is 7.73. The van der Waals surface area contributed by atoms with Crippen molar-refractivity contribution in [3.63, 3.8) is 0 Å². The lowest BCUT2D eigenvalue weighted by atomic mass is 10.1. The molecule has 0 aliphatic carbocycles. The van der Waals surface area contributed by atoms with E-state index < -0.39 is 39.9 Å². The van der Waals surface area contributed by atoms with Gasteiger partial charge in [0, 0.05) is 31.0 Å². The summed E-state index contributed by atoms with van der Waals surface area (Å²) in [4.78, 5) is 13.0. The lowest BCUT2D eigenvalue weighted by molar-refractivity contribution is -0.129. The molecule has 3 heterocycles. The molecule has 0 spiro atoms. The molecule has 0 bridgehead atoms. The van der Waals surface area contributed by atoms with E-state index in [0.29, 0.717) is 17.2 Å². The largest absolute Gasteiger partial charge is 0.438 e. The van der Waals surface area contributed by atoms with E-state index in [2.05, 4.69) is 25.6 Å². The Morgan fingerprint density at radius 2 is 1.97 bits per heavy atom. The number of halogens is 4. The van der Waals surface area contributed by atoms with Gasteiger partial charge in [-0.1, -0.05) is 0 Å². The minimum Gasteiger partial charge on any atom is -0.438 e. The first-order chi connectivity index (χ1) is 17.6. The van der Waals surface area contributed by atoms with Crippen molar-refractivity contribution in [2.75, 3.05) is 28.9 Å². The van der Waals surface area contributed by atoms with Crippen molar-refractivity contribution in [2.24, 2.45) is 0 Å². The van der Waals surface area contributed by atoms with Crippen molar-refractivity contribution >= 4 is 21.7 Å². The van der Waals surface area contributed by atoms with E-state index in [0.717, 1.165) is 38.1 Å². The number of anilines is 2. The number of sulfonamides is 1. The lowest BCUT2D eigenvalue weighted by Crippen LogP contribution is -2.38. The molecule has 3 aromatic rings. The van der Waals surface area contributed by atoms with Crippen LogP contribution in [0, 0.1) is 5.82 Å². The zero-order valence-corrected chi connectivity index (χ0v) is 20.2. The molecular formula is C23H24F4N6O3S. The van der Waals surface area contributed by atoms with Gasteiger partial charge < -0.3 is 15.4 Å². The third-order valence-electron chi connectivity index (χ3n) is 5.41. The first-order valence-corrected chi connectivity index (χ1v) is 13.0. The molecule has 0 amide bonds. The summed E-state index contributed by atoms with van der Waals surface area (Å²) < 4.78 is 83.0. The van der Waals surface area contributed by atoms with Gasteiger partial charge in [0.05, 0.1) is 29.1 Å². The van der Waals surface area contributed by atoms with Crippen LogP contribution in [0.5, 0.6) is 11.6 Å². The van der Waals surface area contributed by atoms with Crippen LogP contribution in [0.4, 0.5) is 29.2 Å². The molecule has 0 saturated carbocycles. The number of nitrogens with zero attached hydrogens (tertiary/aromatic N) is 3. The van der Waals surface area contributed by atoms with E-state index >= 15 is 0 Å². The van der Waals surface area contributed by atoms with Gasteiger partial charge in [-0.05, 0) is 49.7 Å². The standard InChI is InChI=1S/C23H24F4N6O3S/c24-18-13-16(5-6-20(18)33-37(34,35)12-8-23(25,26)27)36-21-17(4-2-10-29-21)19-7-11-30-22(32-19)31-15-3-1-9-28-14-15/h2,4-7,10-11,13,15,28,33H,1,3,8-9,12,14H2,(H,30,31,32). The number of rotatable bonds is 9. The number of ether oxygens (including phenoxy) is 1.